The Hall–Kier alpha value is -1.63. The fourth-order valence-electron chi connectivity index (χ4n) is 0.912. The van der Waals surface area contributed by atoms with E-state index in [0.717, 1.165) is 0 Å². The van der Waals surface area contributed by atoms with E-state index in [4.69, 9.17) is 15.3 Å². The number of carbonyl (C=O) groups excluding carboxylic acids is 1. The predicted octanol–water partition coefficient (Wildman–Crippen LogP) is 1.42. The maximum absolute atomic E-state index is 11.2. The van der Waals surface area contributed by atoms with Crippen LogP contribution in [-0.4, -0.2) is 29.4 Å². The van der Waals surface area contributed by atoms with Crippen molar-refractivity contribution >= 4 is 28.7 Å². The molecule has 0 atom stereocenters. The monoisotopic (exact) mass is 257 g/mol. The molecule has 0 aliphatic rings. The van der Waals surface area contributed by atoms with Gasteiger partial charge in [0.2, 0.25) is 6.61 Å². The van der Waals surface area contributed by atoms with Gasteiger partial charge in [-0.15, -0.1) is 11.3 Å². The molecule has 0 bridgehead atoms. The van der Waals surface area contributed by atoms with Gasteiger partial charge in [0.1, 0.15) is 5.60 Å². The van der Waals surface area contributed by atoms with Gasteiger partial charge in [0, 0.05) is 5.38 Å². The van der Waals surface area contributed by atoms with Crippen molar-refractivity contribution in [3.05, 3.63) is 11.1 Å². The number of oxime groups is 1. The zero-order valence-electron chi connectivity index (χ0n) is 9.97. The van der Waals surface area contributed by atoms with Crippen molar-refractivity contribution in [2.24, 2.45) is 5.16 Å². The fraction of sp³-hybridized carbons (Fsp3) is 0.500. The predicted molar refractivity (Wildman–Crippen MR) is 65.9 cm³/mol. The first-order valence-electron chi connectivity index (χ1n) is 4.95. The molecule has 0 amide bonds. The SMILES string of the molecule is CC(C)(C)OC(=O)CO/N=C/c1csc(N)n1. The number of nitrogen functional groups attached to an aromatic ring is 1. The molecular formula is C10H15N3O3S. The molecule has 0 aliphatic carbocycles. The number of carbonyl (C=O) groups is 1. The third kappa shape index (κ3) is 5.86. The highest BCUT2D eigenvalue weighted by Crippen LogP contribution is 2.09. The van der Waals surface area contributed by atoms with E-state index in [2.05, 4.69) is 10.1 Å². The first-order valence-corrected chi connectivity index (χ1v) is 5.83. The van der Waals surface area contributed by atoms with Crippen molar-refractivity contribution in [1.29, 1.82) is 0 Å². The van der Waals surface area contributed by atoms with E-state index in [9.17, 15) is 4.79 Å². The summed E-state index contributed by atoms with van der Waals surface area (Å²) in [6.45, 7) is 5.12. The molecule has 1 aromatic rings. The largest absolute Gasteiger partial charge is 0.457 e. The summed E-state index contributed by atoms with van der Waals surface area (Å²) in [6.07, 6.45) is 1.39. The van der Waals surface area contributed by atoms with Crippen molar-refractivity contribution in [3.63, 3.8) is 0 Å². The Balaban J connectivity index is 2.28. The third-order valence-corrected chi connectivity index (χ3v) is 2.09. The van der Waals surface area contributed by atoms with Crippen molar-refractivity contribution in [2.45, 2.75) is 26.4 Å². The van der Waals surface area contributed by atoms with Crippen molar-refractivity contribution in [3.8, 4) is 0 Å². The molecule has 0 radical (unpaired) electrons. The minimum atomic E-state index is -0.520. The molecule has 0 aliphatic heterocycles. The number of ether oxygens (including phenoxy) is 1. The van der Waals surface area contributed by atoms with Gasteiger partial charge in [-0.3, -0.25) is 0 Å². The number of esters is 1. The first-order chi connectivity index (χ1) is 7.87. The van der Waals surface area contributed by atoms with E-state index in [1.165, 1.54) is 17.6 Å². The molecule has 94 valence electrons. The number of anilines is 1. The summed E-state index contributed by atoms with van der Waals surface area (Å²) in [7, 11) is 0. The second-order valence-corrected chi connectivity index (χ2v) is 5.09. The number of rotatable bonds is 4. The normalized spacial score (nSPS) is 11.7. The molecular weight excluding hydrogens is 242 g/mol. The Bertz CT molecular complexity index is 409. The lowest BCUT2D eigenvalue weighted by molar-refractivity contribution is -0.160. The van der Waals surface area contributed by atoms with Crippen LogP contribution in [0.15, 0.2) is 10.5 Å². The Morgan fingerprint density at radius 3 is 2.88 bits per heavy atom. The van der Waals surface area contributed by atoms with Crippen LogP contribution in [0.1, 0.15) is 26.5 Å². The number of nitrogens with two attached hydrogens (primary N) is 1. The lowest BCUT2D eigenvalue weighted by atomic mass is 10.2. The molecule has 6 nitrogen and oxygen atoms in total. The van der Waals surface area contributed by atoms with Gasteiger partial charge in [-0.1, -0.05) is 5.16 Å². The van der Waals surface area contributed by atoms with Crippen molar-refractivity contribution in [2.75, 3.05) is 12.3 Å². The number of aromatic nitrogens is 1. The molecule has 2 N–H and O–H groups in total. The number of hydrogen-bond acceptors (Lipinski definition) is 7. The van der Waals surface area contributed by atoms with E-state index in [0.29, 0.717) is 10.8 Å². The summed E-state index contributed by atoms with van der Waals surface area (Å²) in [4.78, 5) is 19.9. The Morgan fingerprint density at radius 2 is 2.35 bits per heavy atom. The lowest BCUT2D eigenvalue weighted by Gasteiger charge is -2.18. The summed E-state index contributed by atoms with van der Waals surface area (Å²) in [5.41, 5.74) is 5.51. The molecule has 0 fully saturated rings. The van der Waals surface area contributed by atoms with Gasteiger partial charge in [0.25, 0.3) is 0 Å². The van der Waals surface area contributed by atoms with Crippen molar-refractivity contribution < 1.29 is 14.4 Å². The molecule has 0 saturated carbocycles. The standard InChI is InChI=1S/C10H15N3O3S/c1-10(2,3)16-8(14)5-15-12-4-7-6-17-9(11)13-7/h4,6H,5H2,1-3H3,(H2,11,13)/b12-4+. The van der Waals surface area contributed by atoms with E-state index < -0.39 is 11.6 Å². The average molecular weight is 257 g/mol. The van der Waals surface area contributed by atoms with E-state index in [-0.39, 0.29) is 6.61 Å². The van der Waals surface area contributed by atoms with Gasteiger partial charge < -0.3 is 15.3 Å². The summed E-state index contributed by atoms with van der Waals surface area (Å²) < 4.78 is 5.02. The summed E-state index contributed by atoms with van der Waals surface area (Å²) >= 11 is 1.30. The zero-order valence-corrected chi connectivity index (χ0v) is 10.8. The molecule has 7 heteroatoms. The minimum absolute atomic E-state index is 0.229. The number of thiazole rings is 1. The van der Waals surface area contributed by atoms with Crippen LogP contribution in [-0.2, 0) is 14.4 Å². The maximum atomic E-state index is 11.2. The number of hydrogen-bond donors (Lipinski definition) is 1. The molecule has 1 heterocycles. The Kier molecular flexibility index (Phi) is 4.45. The average Bonchev–Trinajstić information content (AvgIpc) is 2.56. The van der Waals surface area contributed by atoms with Crippen LogP contribution in [0.2, 0.25) is 0 Å². The fourth-order valence-corrected chi connectivity index (χ4v) is 1.43. The van der Waals surface area contributed by atoms with Gasteiger partial charge in [0.05, 0.1) is 11.9 Å². The highest BCUT2D eigenvalue weighted by molar-refractivity contribution is 7.13. The second kappa shape index (κ2) is 5.62. The van der Waals surface area contributed by atoms with E-state index in [1.54, 1.807) is 26.2 Å². The van der Waals surface area contributed by atoms with Gasteiger partial charge in [-0.2, -0.15) is 0 Å². The zero-order chi connectivity index (χ0) is 12.9. The first kappa shape index (κ1) is 13.4. The summed E-state index contributed by atoms with van der Waals surface area (Å²) in [5, 5.41) is 5.78. The molecule has 0 unspecified atom stereocenters. The van der Waals surface area contributed by atoms with Crippen LogP contribution in [0.3, 0.4) is 0 Å². The van der Waals surface area contributed by atoms with Crippen LogP contribution in [0.25, 0.3) is 0 Å². The second-order valence-electron chi connectivity index (χ2n) is 4.20. The molecule has 0 spiro atoms. The van der Waals surface area contributed by atoms with Gasteiger partial charge in [-0.25, -0.2) is 9.78 Å². The number of nitrogens with zero attached hydrogens (tertiary/aromatic N) is 2. The molecule has 1 aromatic heterocycles. The van der Waals surface area contributed by atoms with Crippen LogP contribution in [0, 0.1) is 0 Å². The van der Waals surface area contributed by atoms with Crippen LogP contribution in [0.5, 0.6) is 0 Å². The van der Waals surface area contributed by atoms with Crippen LogP contribution >= 0.6 is 11.3 Å². The molecule has 0 aromatic carbocycles. The third-order valence-electron chi connectivity index (χ3n) is 1.40. The molecule has 17 heavy (non-hydrogen) atoms. The van der Waals surface area contributed by atoms with E-state index in [1.807, 2.05) is 0 Å². The smallest absolute Gasteiger partial charge is 0.347 e. The van der Waals surface area contributed by atoms with Gasteiger partial charge in [-0.05, 0) is 20.8 Å². The van der Waals surface area contributed by atoms with Crippen LogP contribution < -0.4 is 5.73 Å². The van der Waals surface area contributed by atoms with Gasteiger partial charge >= 0.3 is 5.97 Å². The minimum Gasteiger partial charge on any atom is -0.457 e. The molecule has 0 saturated heterocycles. The Labute approximate surface area is 103 Å². The van der Waals surface area contributed by atoms with Crippen molar-refractivity contribution in [1.82, 2.24) is 4.98 Å². The Morgan fingerprint density at radius 1 is 1.65 bits per heavy atom. The molecule has 1 rings (SSSR count). The topological polar surface area (TPSA) is 86.8 Å². The van der Waals surface area contributed by atoms with Gasteiger partial charge in [0.15, 0.2) is 5.13 Å². The highest BCUT2D eigenvalue weighted by Gasteiger charge is 2.16. The highest BCUT2D eigenvalue weighted by atomic mass is 32.1. The van der Waals surface area contributed by atoms with Crippen LogP contribution in [0.4, 0.5) is 5.13 Å². The summed E-state index contributed by atoms with van der Waals surface area (Å²) in [5.74, 6) is -0.465. The summed E-state index contributed by atoms with van der Waals surface area (Å²) in [6, 6.07) is 0. The lowest BCUT2D eigenvalue weighted by Crippen LogP contribution is -2.26. The quantitative estimate of drug-likeness (QED) is 0.500. The van der Waals surface area contributed by atoms with E-state index >= 15 is 0 Å². The maximum Gasteiger partial charge on any atom is 0.347 e.